The Morgan fingerprint density at radius 2 is 1.89 bits per heavy atom. The maximum absolute atomic E-state index is 13.3. The van der Waals surface area contributed by atoms with Gasteiger partial charge in [-0.15, -0.1) is 0 Å². The maximum Gasteiger partial charge on any atom is 0.263 e. The zero-order valence-corrected chi connectivity index (χ0v) is 18.6. The van der Waals surface area contributed by atoms with Gasteiger partial charge in [-0.2, -0.15) is 16.1 Å². The number of nitrogens with zero attached hydrogens (tertiary/aromatic N) is 1. The van der Waals surface area contributed by atoms with Crippen LogP contribution in [0, 0.1) is 0 Å². The number of hydroxylamine groups is 1. The van der Waals surface area contributed by atoms with E-state index in [0.29, 0.717) is 5.75 Å². The van der Waals surface area contributed by atoms with Crippen molar-refractivity contribution in [2.75, 3.05) is 12.3 Å². The van der Waals surface area contributed by atoms with Gasteiger partial charge in [-0.1, -0.05) is 40.2 Å². The molecule has 1 atom stereocenters. The van der Waals surface area contributed by atoms with Gasteiger partial charge in [-0.3, -0.25) is 10.0 Å². The maximum atomic E-state index is 13.3. The van der Waals surface area contributed by atoms with E-state index >= 15 is 0 Å². The topological polar surface area (TPSA) is 86.7 Å². The van der Waals surface area contributed by atoms with Crippen molar-refractivity contribution in [1.29, 1.82) is 0 Å². The van der Waals surface area contributed by atoms with Crippen LogP contribution in [-0.4, -0.2) is 46.9 Å². The van der Waals surface area contributed by atoms with Crippen molar-refractivity contribution in [3.05, 3.63) is 53.0 Å². The molecular weight excluding hydrogens is 464 g/mol. The number of sulfonamides is 1. The van der Waals surface area contributed by atoms with Crippen molar-refractivity contribution in [3.8, 4) is 11.1 Å². The molecule has 28 heavy (non-hydrogen) atoms. The number of hydrogen-bond donors (Lipinski definition) is 2. The summed E-state index contributed by atoms with van der Waals surface area (Å²) in [6.45, 7) is 3.80. The van der Waals surface area contributed by atoms with E-state index in [-0.39, 0.29) is 11.4 Å². The normalized spacial score (nSPS) is 19.9. The van der Waals surface area contributed by atoms with Gasteiger partial charge in [0.1, 0.15) is 6.04 Å². The Kier molecular flexibility index (Phi) is 6.21. The third-order valence-electron chi connectivity index (χ3n) is 4.71. The van der Waals surface area contributed by atoms with Crippen LogP contribution in [0.1, 0.15) is 13.8 Å². The molecule has 1 aliphatic heterocycles. The molecule has 150 valence electrons. The van der Waals surface area contributed by atoms with Gasteiger partial charge in [0.05, 0.1) is 4.90 Å². The molecule has 1 heterocycles. The van der Waals surface area contributed by atoms with Crippen LogP contribution >= 0.6 is 27.7 Å². The van der Waals surface area contributed by atoms with Crippen molar-refractivity contribution in [1.82, 2.24) is 9.79 Å². The molecule has 0 saturated carbocycles. The standard InChI is InChI=1S/C19H21BrN2O4S2/c1-19(2)17(18(23)21-24)22(10-11-27-19)28(25,26)16-8-6-13(7-9-16)14-4-3-5-15(20)12-14/h3-9,12,17,24H,10-11H2,1-2H3,(H,21,23)/t17-/m0/s1. The third-order valence-corrected chi connectivity index (χ3v) is 8.44. The minimum atomic E-state index is -3.91. The highest BCUT2D eigenvalue weighted by atomic mass is 79.9. The Morgan fingerprint density at radius 3 is 2.50 bits per heavy atom. The molecule has 0 unspecified atom stereocenters. The number of benzene rings is 2. The first-order valence-corrected chi connectivity index (χ1v) is 11.8. The van der Waals surface area contributed by atoms with Gasteiger partial charge in [0.2, 0.25) is 10.0 Å². The Balaban J connectivity index is 1.96. The van der Waals surface area contributed by atoms with Gasteiger partial charge in [-0.25, -0.2) is 13.9 Å². The van der Waals surface area contributed by atoms with Crippen molar-refractivity contribution in [3.63, 3.8) is 0 Å². The molecular formula is C19H21BrN2O4S2. The number of halogens is 1. The molecule has 6 nitrogen and oxygen atoms in total. The number of carbonyl (C=O) groups is 1. The Labute approximate surface area is 177 Å². The summed E-state index contributed by atoms with van der Waals surface area (Å²) in [5, 5.41) is 9.12. The summed E-state index contributed by atoms with van der Waals surface area (Å²) in [4.78, 5) is 12.4. The second-order valence-electron chi connectivity index (χ2n) is 6.98. The Hall–Kier alpha value is -1.39. The largest absolute Gasteiger partial charge is 0.289 e. The lowest BCUT2D eigenvalue weighted by atomic mass is 10.0. The van der Waals surface area contributed by atoms with Crippen LogP contribution in [0.15, 0.2) is 57.9 Å². The fraction of sp³-hybridized carbons (Fsp3) is 0.316. The summed E-state index contributed by atoms with van der Waals surface area (Å²) in [5.41, 5.74) is 3.47. The van der Waals surface area contributed by atoms with Gasteiger partial charge in [0.15, 0.2) is 0 Å². The number of thioether (sulfide) groups is 1. The van der Waals surface area contributed by atoms with Gasteiger partial charge in [-0.05, 0) is 49.2 Å². The molecule has 3 rings (SSSR count). The van der Waals surface area contributed by atoms with E-state index in [9.17, 15) is 13.2 Å². The van der Waals surface area contributed by atoms with Crippen LogP contribution in [0.5, 0.6) is 0 Å². The molecule has 0 aromatic heterocycles. The fourth-order valence-corrected chi connectivity index (χ4v) is 6.85. The van der Waals surface area contributed by atoms with Crippen molar-refractivity contribution >= 4 is 43.6 Å². The summed E-state index contributed by atoms with van der Waals surface area (Å²) in [6.07, 6.45) is 0. The van der Waals surface area contributed by atoms with Crippen LogP contribution in [0.4, 0.5) is 0 Å². The number of carbonyl (C=O) groups excluding carboxylic acids is 1. The van der Waals surface area contributed by atoms with Crippen LogP contribution in [0.2, 0.25) is 0 Å². The van der Waals surface area contributed by atoms with Crippen molar-refractivity contribution < 1.29 is 18.4 Å². The molecule has 0 bridgehead atoms. The molecule has 1 aliphatic rings. The summed E-state index contributed by atoms with van der Waals surface area (Å²) in [7, 11) is -3.91. The van der Waals surface area contributed by atoms with Crippen LogP contribution < -0.4 is 5.48 Å². The quantitative estimate of drug-likeness (QED) is 0.512. The van der Waals surface area contributed by atoms with Gasteiger partial charge in [0.25, 0.3) is 5.91 Å². The zero-order chi connectivity index (χ0) is 20.5. The molecule has 2 N–H and O–H groups in total. The van der Waals surface area contributed by atoms with Crippen LogP contribution in [0.25, 0.3) is 11.1 Å². The van der Waals surface area contributed by atoms with Gasteiger partial charge < -0.3 is 0 Å². The number of nitrogens with one attached hydrogen (secondary N) is 1. The summed E-state index contributed by atoms with van der Waals surface area (Å²) in [5.74, 6) is -0.163. The SMILES string of the molecule is CC1(C)SCCN(S(=O)(=O)c2ccc(-c3cccc(Br)c3)cc2)[C@H]1C(=O)NO. The third kappa shape index (κ3) is 4.13. The van der Waals surface area contributed by atoms with Gasteiger partial charge >= 0.3 is 0 Å². The average Bonchev–Trinajstić information content (AvgIpc) is 2.66. The highest BCUT2D eigenvalue weighted by molar-refractivity contribution is 9.10. The second-order valence-corrected chi connectivity index (χ2v) is 11.5. The van der Waals surface area contributed by atoms with E-state index in [2.05, 4.69) is 15.9 Å². The van der Waals surface area contributed by atoms with Crippen LogP contribution in [-0.2, 0) is 14.8 Å². The van der Waals surface area contributed by atoms with E-state index in [4.69, 9.17) is 5.21 Å². The lowest BCUT2D eigenvalue weighted by molar-refractivity contribution is -0.134. The van der Waals surface area contributed by atoms with Crippen molar-refractivity contribution in [2.45, 2.75) is 29.5 Å². The predicted octanol–water partition coefficient (Wildman–Crippen LogP) is 3.51. The minimum Gasteiger partial charge on any atom is -0.289 e. The molecule has 1 amide bonds. The average molecular weight is 485 g/mol. The number of hydrogen-bond acceptors (Lipinski definition) is 5. The fourth-order valence-electron chi connectivity index (χ4n) is 3.34. The molecule has 0 spiro atoms. The van der Waals surface area contributed by atoms with E-state index in [0.717, 1.165) is 15.6 Å². The smallest absolute Gasteiger partial charge is 0.263 e. The Bertz CT molecular complexity index is 978. The van der Waals surface area contributed by atoms with Crippen molar-refractivity contribution in [2.24, 2.45) is 0 Å². The molecule has 1 fully saturated rings. The molecule has 2 aromatic rings. The highest BCUT2D eigenvalue weighted by Crippen LogP contribution is 2.38. The van der Waals surface area contributed by atoms with Gasteiger partial charge in [0, 0.05) is 21.5 Å². The molecule has 2 aromatic carbocycles. The first-order chi connectivity index (χ1) is 13.2. The molecule has 0 aliphatic carbocycles. The van der Waals surface area contributed by atoms with E-state index < -0.39 is 26.7 Å². The Morgan fingerprint density at radius 1 is 1.21 bits per heavy atom. The first-order valence-electron chi connectivity index (χ1n) is 8.62. The lowest BCUT2D eigenvalue weighted by Crippen LogP contribution is -2.61. The minimum absolute atomic E-state index is 0.115. The van der Waals surface area contributed by atoms with E-state index in [1.807, 2.05) is 24.3 Å². The molecule has 0 radical (unpaired) electrons. The van der Waals surface area contributed by atoms with E-state index in [1.54, 1.807) is 43.6 Å². The zero-order valence-electron chi connectivity index (χ0n) is 15.4. The second kappa shape index (κ2) is 8.16. The predicted molar refractivity (Wildman–Crippen MR) is 114 cm³/mol. The lowest BCUT2D eigenvalue weighted by Gasteiger charge is -2.43. The van der Waals surface area contributed by atoms with E-state index in [1.165, 1.54) is 16.1 Å². The molecule has 9 heteroatoms. The molecule has 1 saturated heterocycles. The number of rotatable bonds is 4. The highest BCUT2D eigenvalue weighted by Gasteiger charge is 2.48. The summed E-state index contributed by atoms with van der Waals surface area (Å²) in [6, 6.07) is 13.3. The summed E-state index contributed by atoms with van der Waals surface area (Å²) >= 11 is 4.94. The van der Waals surface area contributed by atoms with Crippen LogP contribution in [0.3, 0.4) is 0 Å². The summed E-state index contributed by atoms with van der Waals surface area (Å²) < 4.78 is 28.0. The first kappa shape index (κ1) is 21.3. The number of amides is 1. The monoisotopic (exact) mass is 484 g/mol.